The fraction of sp³-hybridized carbons (Fsp3) is 0.333. The average molecular weight is 990 g/mol. The van der Waals surface area contributed by atoms with Gasteiger partial charge in [-0.1, -0.05) is 54.6 Å². The van der Waals surface area contributed by atoms with Crippen LogP contribution >= 0.6 is 7.75 Å². The summed E-state index contributed by atoms with van der Waals surface area (Å²) >= 11 is 0. The number of nitrogens with one attached hydrogen (secondary N) is 1. The Morgan fingerprint density at radius 1 is 0.657 bits per heavy atom. The molecule has 70 heavy (non-hydrogen) atoms. The second-order valence-electron chi connectivity index (χ2n) is 15.4. The van der Waals surface area contributed by atoms with Crippen LogP contribution in [0.1, 0.15) is 65.0 Å². The van der Waals surface area contributed by atoms with Crippen molar-refractivity contribution in [2.75, 3.05) is 18.3 Å². The molecule has 2 aliphatic heterocycles. The molecule has 0 spiro atoms. The van der Waals surface area contributed by atoms with Gasteiger partial charge in [0.15, 0.2) is 53.7 Å². The molecule has 3 aromatic carbocycles. The van der Waals surface area contributed by atoms with Crippen molar-refractivity contribution >= 4 is 66.5 Å². The van der Waals surface area contributed by atoms with Crippen molar-refractivity contribution in [1.82, 2.24) is 19.5 Å². The topological polar surface area (TPSA) is 305 Å². The second-order valence-corrected chi connectivity index (χ2v) is 16.8. The zero-order chi connectivity index (χ0) is 50.1. The highest BCUT2D eigenvalue weighted by atomic mass is 31.2. The van der Waals surface area contributed by atoms with Gasteiger partial charge in [0, 0.05) is 27.7 Å². The molecule has 368 valence electrons. The summed E-state index contributed by atoms with van der Waals surface area (Å²) in [6.45, 7) is 2.94. The first-order valence-electron chi connectivity index (χ1n) is 21.1. The van der Waals surface area contributed by atoms with Gasteiger partial charge in [-0.25, -0.2) is 33.9 Å². The van der Waals surface area contributed by atoms with Gasteiger partial charge in [-0.15, -0.1) is 0 Å². The lowest BCUT2D eigenvalue weighted by Gasteiger charge is -2.27. The van der Waals surface area contributed by atoms with Gasteiger partial charge in [0.1, 0.15) is 31.7 Å². The van der Waals surface area contributed by atoms with E-state index in [2.05, 4.69) is 20.0 Å². The Kier molecular flexibility index (Phi) is 15.9. The Morgan fingerprint density at radius 2 is 1.21 bits per heavy atom. The molecule has 7 rings (SSSR count). The normalized spacial score (nSPS) is 22.9. The number of imidazole rings is 1. The molecular weight excluding hydrogens is 945 g/mol. The number of ether oxygens (including phenoxy) is 9. The van der Waals surface area contributed by atoms with Crippen molar-refractivity contribution in [1.29, 1.82) is 0 Å². The molecule has 2 aliphatic rings. The maximum Gasteiger partial charge on any atom is 0.433 e. The molecule has 2 fully saturated rings. The van der Waals surface area contributed by atoms with Gasteiger partial charge < -0.3 is 47.5 Å². The summed E-state index contributed by atoms with van der Waals surface area (Å²) in [5.74, 6) is -6.44. The van der Waals surface area contributed by atoms with E-state index in [1.165, 1.54) is 47.3 Å². The lowest BCUT2D eigenvalue weighted by molar-refractivity contribution is -0.181. The van der Waals surface area contributed by atoms with E-state index in [9.17, 15) is 43.0 Å². The fourth-order valence-corrected chi connectivity index (χ4v) is 8.32. The summed E-state index contributed by atoms with van der Waals surface area (Å²) in [7, 11) is -5.26. The van der Waals surface area contributed by atoms with Crippen LogP contribution in [0.2, 0.25) is 0 Å². The van der Waals surface area contributed by atoms with E-state index in [0.717, 1.165) is 34.0 Å². The maximum atomic E-state index is 14.0. The first kappa shape index (κ1) is 50.3. The first-order valence-corrected chi connectivity index (χ1v) is 22.7. The smallest absolute Gasteiger partial charge is 0.433 e. The highest BCUT2D eigenvalue weighted by Crippen LogP contribution is 2.48. The minimum absolute atomic E-state index is 0.113. The number of carbonyl (C=O) groups is 7. The van der Waals surface area contributed by atoms with Crippen LogP contribution in [0.3, 0.4) is 0 Å². The Bertz CT molecular complexity index is 2760. The van der Waals surface area contributed by atoms with Gasteiger partial charge in [0.2, 0.25) is 6.29 Å². The van der Waals surface area contributed by atoms with Crippen LogP contribution in [-0.4, -0.2) is 128 Å². The molecule has 2 aromatic heterocycles. The van der Waals surface area contributed by atoms with Crippen molar-refractivity contribution in [3.8, 4) is 0 Å². The number of benzene rings is 3. The maximum absolute atomic E-state index is 14.0. The van der Waals surface area contributed by atoms with Gasteiger partial charge in [-0.2, -0.15) is 0 Å². The number of fused-ring (bicyclic) bond motifs is 1. The minimum atomic E-state index is -5.26. The van der Waals surface area contributed by atoms with Crippen LogP contribution in [0.25, 0.3) is 11.2 Å². The summed E-state index contributed by atoms with van der Waals surface area (Å²) < 4.78 is 71.7. The van der Waals surface area contributed by atoms with E-state index in [-0.39, 0.29) is 27.9 Å². The molecule has 0 radical (unpaired) electrons. The van der Waals surface area contributed by atoms with Crippen molar-refractivity contribution in [3.05, 3.63) is 120 Å². The van der Waals surface area contributed by atoms with E-state index in [0.29, 0.717) is 0 Å². The number of nitrogens with zero attached hydrogens (tertiary/aromatic N) is 4. The lowest BCUT2D eigenvalue weighted by atomic mass is 10.1. The molecular formula is C45H44N5O19P. The average Bonchev–Trinajstić information content (AvgIpc) is 4.00. The minimum Gasteiger partial charge on any atom is -0.462 e. The summed E-state index contributed by atoms with van der Waals surface area (Å²) in [4.78, 5) is 113. The van der Waals surface area contributed by atoms with E-state index in [1.54, 1.807) is 54.6 Å². The molecule has 5 aromatic rings. The van der Waals surface area contributed by atoms with Crippen LogP contribution in [0.5, 0.6) is 0 Å². The quantitative estimate of drug-likeness (QED) is 0.0719. The number of hydrogen-bond donors (Lipinski definition) is 2. The van der Waals surface area contributed by atoms with Crippen LogP contribution in [-0.2, 0) is 70.9 Å². The van der Waals surface area contributed by atoms with E-state index in [1.807, 2.05) is 0 Å². The molecule has 10 atom stereocenters. The molecule has 0 saturated carbocycles. The Labute approximate surface area is 397 Å². The number of hydrogen-bond acceptors (Lipinski definition) is 21. The van der Waals surface area contributed by atoms with Gasteiger partial charge in [0.25, 0.3) is 0 Å². The molecule has 0 bridgehead atoms. The Morgan fingerprint density at radius 3 is 1.77 bits per heavy atom. The van der Waals surface area contributed by atoms with Crippen LogP contribution in [0.15, 0.2) is 104 Å². The van der Waals surface area contributed by atoms with E-state index in [4.69, 9.17) is 47.2 Å². The lowest BCUT2D eigenvalue weighted by Crippen LogP contribution is -2.46. The highest BCUT2D eigenvalue weighted by molar-refractivity contribution is 7.54. The largest absolute Gasteiger partial charge is 0.462 e. The number of rotatable bonds is 18. The standard InChI is InChI=1S/C45H44N5O19P/c1-24(51)60-20-31(62-25(2)52)34-36(63-26(3)53)38(64-27(4)54)45(68-34)69-70(58,59)49-39-33-40(47-22-46-39)50(23-48-33)41-37(67-44(57)30-18-12-7-13-19-30)35(66-43(56)29-16-10-6-11-17-29)32(65-41)21-61-42(55)28-14-8-5-9-15-28/h5-19,22-23,31-32,34-38,41,45H,20-21H2,1-4H3,(H2,46,47,49,58,59)/t31-,32-,34-,35-,36+,37-,38-,41-,45?/m1/s1. The van der Waals surface area contributed by atoms with Crippen LogP contribution < -0.4 is 5.09 Å². The zero-order valence-electron chi connectivity index (χ0n) is 37.5. The third kappa shape index (κ3) is 12.3. The predicted molar refractivity (Wildman–Crippen MR) is 234 cm³/mol. The molecule has 4 heterocycles. The van der Waals surface area contributed by atoms with Crippen LogP contribution in [0.4, 0.5) is 5.82 Å². The molecule has 24 nitrogen and oxygen atoms in total. The van der Waals surface area contributed by atoms with Gasteiger partial charge >= 0.3 is 49.5 Å². The summed E-state index contributed by atoms with van der Waals surface area (Å²) in [6.07, 6.45) is -12.1. The van der Waals surface area contributed by atoms with Crippen molar-refractivity contribution in [3.63, 3.8) is 0 Å². The molecule has 2 unspecified atom stereocenters. The molecule has 25 heteroatoms. The first-order chi connectivity index (χ1) is 33.5. The summed E-state index contributed by atoms with van der Waals surface area (Å²) in [5.41, 5.74) is 0.149. The number of aromatic nitrogens is 4. The monoisotopic (exact) mass is 989 g/mol. The molecule has 0 aliphatic carbocycles. The third-order valence-electron chi connectivity index (χ3n) is 10.3. The second kappa shape index (κ2) is 22.2. The summed E-state index contributed by atoms with van der Waals surface area (Å²) in [5, 5.41) is 2.24. The van der Waals surface area contributed by atoms with Crippen molar-refractivity contribution < 1.29 is 90.2 Å². The predicted octanol–water partition coefficient (Wildman–Crippen LogP) is 3.64. The molecule has 0 amide bonds. The fourth-order valence-electron chi connectivity index (χ4n) is 7.39. The molecule has 2 N–H and O–H groups in total. The highest BCUT2D eigenvalue weighted by Gasteiger charge is 2.56. The van der Waals surface area contributed by atoms with Gasteiger partial charge in [-0.3, -0.25) is 33.4 Å². The van der Waals surface area contributed by atoms with Gasteiger partial charge in [-0.05, 0) is 36.4 Å². The number of carbonyl (C=O) groups excluding carboxylic acids is 7. The van der Waals surface area contributed by atoms with Crippen LogP contribution in [0, 0.1) is 0 Å². The van der Waals surface area contributed by atoms with E-state index >= 15 is 0 Å². The number of esters is 7. The van der Waals surface area contributed by atoms with Gasteiger partial charge in [0.05, 0.1) is 23.0 Å². The van der Waals surface area contributed by atoms with Crippen molar-refractivity contribution in [2.24, 2.45) is 0 Å². The van der Waals surface area contributed by atoms with E-state index < -0.39 is 124 Å². The Balaban J connectivity index is 1.21. The SMILES string of the molecule is CC(=O)OC[C@@H](OC(C)=O)[C@H]1OC(OP(=O)(O)Nc2ncnc3c2ncn3[C@@H]2O[C@H](COC(=O)c3ccccc3)[C@@H](OC(=O)c3ccccc3)[C@H]2OC(=O)c2ccccc2)[C@H](OC(C)=O)[C@H]1OC(C)=O. The number of anilines is 1. The Hall–Kier alpha value is -7.63. The molecule has 2 saturated heterocycles. The zero-order valence-corrected chi connectivity index (χ0v) is 38.4. The van der Waals surface area contributed by atoms with Crippen molar-refractivity contribution in [2.45, 2.75) is 82.9 Å². The summed E-state index contributed by atoms with van der Waals surface area (Å²) in [6, 6.07) is 23.8. The third-order valence-corrected chi connectivity index (χ3v) is 11.2.